The number of aromatic nitrogens is 3. The van der Waals surface area contributed by atoms with Crippen LogP contribution in [-0.2, 0) is 0 Å². The third-order valence-electron chi connectivity index (χ3n) is 8.96. The summed E-state index contributed by atoms with van der Waals surface area (Å²) in [7, 11) is 0. The molecule has 0 spiro atoms. The largest absolute Gasteiger partial charge is 0.278 e. The number of hydrogen-bond acceptors (Lipinski definition) is 3. The third kappa shape index (κ3) is 3.37. The second kappa shape index (κ2) is 8.96. The lowest BCUT2D eigenvalue weighted by Crippen LogP contribution is -2.03. The molecule has 3 heterocycles. The minimum atomic E-state index is 0.681. The van der Waals surface area contributed by atoms with Crippen molar-refractivity contribution in [3.05, 3.63) is 140 Å². The molecule has 0 aliphatic rings. The first-order valence-electron chi connectivity index (χ1n) is 14.8. The van der Waals surface area contributed by atoms with Crippen LogP contribution in [0.1, 0.15) is 0 Å². The molecule has 0 saturated carbocycles. The maximum Gasteiger partial charge on any atom is 0.235 e. The highest BCUT2D eigenvalue weighted by Gasteiger charge is 2.19. The molecule has 0 unspecified atom stereocenters. The third-order valence-corrected chi connectivity index (χ3v) is 10.1. The van der Waals surface area contributed by atoms with Crippen molar-refractivity contribution in [2.45, 2.75) is 0 Å². The molecule has 3 nitrogen and oxygen atoms in total. The predicted octanol–water partition coefficient (Wildman–Crippen LogP) is 11.1. The van der Waals surface area contributed by atoms with Crippen LogP contribution < -0.4 is 0 Å². The summed E-state index contributed by atoms with van der Waals surface area (Å²) in [4.78, 5) is 10.6. The molecule has 10 rings (SSSR count). The Balaban J connectivity index is 1.30. The summed E-state index contributed by atoms with van der Waals surface area (Å²) in [5.41, 5.74) is 5.20. The zero-order valence-corrected chi connectivity index (χ0v) is 24.3. The molecule has 7 aromatic carbocycles. The van der Waals surface area contributed by atoms with Crippen LogP contribution in [0.3, 0.4) is 0 Å². The van der Waals surface area contributed by atoms with Gasteiger partial charge in [-0.05, 0) is 64.0 Å². The van der Waals surface area contributed by atoms with Gasteiger partial charge in [-0.15, -0.1) is 11.3 Å². The summed E-state index contributed by atoms with van der Waals surface area (Å²) in [6, 6.07) is 50.1. The van der Waals surface area contributed by atoms with E-state index in [0.29, 0.717) is 5.95 Å². The Morgan fingerprint density at radius 3 is 2.05 bits per heavy atom. The van der Waals surface area contributed by atoms with Gasteiger partial charge in [-0.1, -0.05) is 97.1 Å². The van der Waals surface area contributed by atoms with E-state index in [1.165, 1.54) is 52.5 Å². The Bertz CT molecular complexity index is 2790. The van der Waals surface area contributed by atoms with Crippen molar-refractivity contribution >= 4 is 85.8 Å². The molecule has 0 bridgehead atoms. The van der Waals surface area contributed by atoms with Crippen molar-refractivity contribution in [3.63, 3.8) is 0 Å². The average molecular weight is 578 g/mol. The maximum absolute atomic E-state index is 5.42. The van der Waals surface area contributed by atoms with Crippen molar-refractivity contribution in [1.82, 2.24) is 14.5 Å². The standard InChI is InChI=1S/C40H23N3S/c1-2-11-25-22-36-32(20-24(25)10-1)27-13-4-7-18-35(27)43(36)40-41-34-17-6-3-15-30(34)39(42-40)29-16-9-12-26-21-33-28-14-5-8-19-37(28)44-38(33)23-31(26)29/h1-23H. The zero-order valence-electron chi connectivity index (χ0n) is 23.5. The zero-order chi connectivity index (χ0) is 28.8. The number of para-hydroxylation sites is 2. The molecule has 204 valence electrons. The van der Waals surface area contributed by atoms with Crippen LogP contribution in [0.5, 0.6) is 0 Å². The van der Waals surface area contributed by atoms with Gasteiger partial charge in [0.2, 0.25) is 5.95 Å². The Morgan fingerprint density at radius 2 is 1.14 bits per heavy atom. The maximum atomic E-state index is 5.42. The average Bonchev–Trinajstić information content (AvgIpc) is 3.60. The number of nitrogens with zero attached hydrogens (tertiary/aromatic N) is 3. The molecule has 4 heteroatoms. The smallest absolute Gasteiger partial charge is 0.235 e. The van der Waals surface area contributed by atoms with Crippen LogP contribution in [0.4, 0.5) is 0 Å². The first kappa shape index (κ1) is 23.9. The highest BCUT2D eigenvalue weighted by molar-refractivity contribution is 7.25. The quantitative estimate of drug-likeness (QED) is 0.205. The fourth-order valence-corrected chi connectivity index (χ4v) is 8.07. The molecule has 0 radical (unpaired) electrons. The number of fused-ring (bicyclic) bond motifs is 9. The van der Waals surface area contributed by atoms with Gasteiger partial charge < -0.3 is 0 Å². The number of hydrogen-bond donors (Lipinski definition) is 0. The molecule has 0 aliphatic heterocycles. The fraction of sp³-hybridized carbons (Fsp3) is 0. The Labute approximate surface area is 256 Å². The van der Waals surface area contributed by atoms with Gasteiger partial charge >= 0.3 is 0 Å². The second-order valence-corrected chi connectivity index (χ2v) is 12.5. The van der Waals surface area contributed by atoms with Gasteiger partial charge in [-0.2, -0.15) is 0 Å². The van der Waals surface area contributed by atoms with Gasteiger partial charge in [0.25, 0.3) is 0 Å². The van der Waals surface area contributed by atoms with Crippen molar-refractivity contribution in [1.29, 1.82) is 0 Å². The molecular formula is C40H23N3S. The van der Waals surface area contributed by atoms with Gasteiger partial charge in [-0.25, -0.2) is 9.97 Å². The minimum Gasteiger partial charge on any atom is -0.278 e. The molecule has 0 aliphatic carbocycles. The van der Waals surface area contributed by atoms with Gasteiger partial charge in [0.15, 0.2) is 0 Å². The van der Waals surface area contributed by atoms with Crippen LogP contribution in [0.25, 0.3) is 91.6 Å². The van der Waals surface area contributed by atoms with Crippen LogP contribution in [0, 0.1) is 0 Å². The lowest BCUT2D eigenvalue weighted by atomic mass is 9.98. The topological polar surface area (TPSA) is 30.7 Å². The number of thiophene rings is 1. The normalized spacial score (nSPS) is 12.1. The van der Waals surface area contributed by atoms with E-state index in [2.05, 4.69) is 144 Å². The molecule has 0 N–H and O–H groups in total. The summed E-state index contributed by atoms with van der Waals surface area (Å²) in [6.45, 7) is 0. The predicted molar refractivity (Wildman–Crippen MR) is 187 cm³/mol. The number of benzene rings is 7. The second-order valence-electron chi connectivity index (χ2n) is 11.4. The minimum absolute atomic E-state index is 0.681. The highest BCUT2D eigenvalue weighted by atomic mass is 32.1. The Morgan fingerprint density at radius 1 is 0.432 bits per heavy atom. The van der Waals surface area contributed by atoms with Gasteiger partial charge in [-0.3, -0.25) is 4.57 Å². The van der Waals surface area contributed by atoms with Gasteiger partial charge in [0, 0.05) is 41.9 Å². The van der Waals surface area contributed by atoms with Crippen LogP contribution in [0.2, 0.25) is 0 Å². The molecule has 3 aromatic heterocycles. The van der Waals surface area contributed by atoms with Crippen molar-refractivity contribution in [3.8, 4) is 17.2 Å². The highest BCUT2D eigenvalue weighted by Crippen LogP contribution is 2.41. The molecule has 0 atom stereocenters. The van der Waals surface area contributed by atoms with E-state index in [4.69, 9.17) is 9.97 Å². The van der Waals surface area contributed by atoms with Crippen LogP contribution in [-0.4, -0.2) is 14.5 Å². The molecule has 0 amide bonds. The summed E-state index contributed by atoms with van der Waals surface area (Å²) in [5.74, 6) is 0.681. The van der Waals surface area contributed by atoms with Crippen LogP contribution in [0.15, 0.2) is 140 Å². The van der Waals surface area contributed by atoms with Crippen molar-refractivity contribution in [2.24, 2.45) is 0 Å². The molecular weight excluding hydrogens is 555 g/mol. The molecule has 0 saturated heterocycles. The van der Waals surface area contributed by atoms with E-state index in [1.807, 2.05) is 11.3 Å². The summed E-state index contributed by atoms with van der Waals surface area (Å²) >= 11 is 1.85. The fourth-order valence-electron chi connectivity index (χ4n) is 6.94. The number of rotatable bonds is 2. The summed E-state index contributed by atoms with van der Waals surface area (Å²) < 4.78 is 4.84. The van der Waals surface area contributed by atoms with E-state index in [9.17, 15) is 0 Å². The lowest BCUT2D eigenvalue weighted by molar-refractivity contribution is 1.01. The lowest BCUT2D eigenvalue weighted by Gasteiger charge is -2.13. The SMILES string of the molecule is c1ccc2cc3c(cc2c1)c1ccccc1n3-c1nc(-c2cccc3cc4c(cc23)sc2ccccc24)c2ccccc2n1. The summed E-state index contributed by atoms with van der Waals surface area (Å²) in [6.07, 6.45) is 0. The molecule has 44 heavy (non-hydrogen) atoms. The van der Waals surface area contributed by atoms with E-state index < -0.39 is 0 Å². The first-order valence-corrected chi connectivity index (χ1v) is 15.7. The van der Waals surface area contributed by atoms with Crippen molar-refractivity contribution < 1.29 is 0 Å². The Kier molecular flexibility index (Phi) is 4.87. The van der Waals surface area contributed by atoms with E-state index in [0.717, 1.165) is 33.2 Å². The molecule has 10 aromatic rings. The van der Waals surface area contributed by atoms with E-state index >= 15 is 0 Å². The monoisotopic (exact) mass is 577 g/mol. The van der Waals surface area contributed by atoms with E-state index in [1.54, 1.807) is 0 Å². The Hall–Kier alpha value is -5.58. The van der Waals surface area contributed by atoms with Gasteiger partial charge in [0.1, 0.15) is 0 Å². The van der Waals surface area contributed by atoms with E-state index in [-0.39, 0.29) is 0 Å². The molecule has 0 fully saturated rings. The van der Waals surface area contributed by atoms with Gasteiger partial charge in [0.05, 0.1) is 22.2 Å². The van der Waals surface area contributed by atoms with Crippen molar-refractivity contribution in [2.75, 3.05) is 0 Å². The summed E-state index contributed by atoms with van der Waals surface area (Å²) in [5, 5.41) is 10.9. The van der Waals surface area contributed by atoms with Crippen LogP contribution >= 0.6 is 11.3 Å². The first-order chi connectivity index (χ1) is 21.8.